The van der Waals surface area contributed by atoms with E-state index in [1.165, 1.54) is 6.08 Å². The number of nitrogens with one attached hydrogen (secondary N) is 1. The minimum absolute atomic E-state index is 0.351. The lowest BCUT2D eigenvalue weighted by Crippen LogP contribution is -2.47. The minimum Gasteiger partial charge on any atom is -0.366 e. The fourth-order valence-electron chi connectivity index (χ4n) is 1.74. The van der Waals surface area contributed by atoms with Crippen molar-refractivity contribution in [3.05, 3.63) is 12.2 Å². The summed E-state index contributed by atoms with van der Waals surface area (Å²) in [7, 11) is 0. The average Bonchev–Trinajstić information content (AvgIpc) is 2.20. The highest BCUT2D eigenvalue weighted by Crippen LogP contribution is 2.06. The van der Waals surface area contributed by atoms with Gasteiger partial charge in [-0.05, 0) is 6.42 Å². The summed E-state index contributed by atoms with van der Waals surface area (Å²) in [5.74, 6) is -0.362. The predicted molar refractivity (Wildman–Crippen MR) is 56.9 cm³/mol. The van der Waals surface area contributed by atoms with E-state index >= 15 is 0 Å². The average molecular weight is 197 g/mol. The number of piperazine rings is 1. The van der Waals surface area contributed by atoms with Gasteiger partial charge in [-0.15, -0.1) is 0 Å². The van der Waals surface area contributed by atoms with Crippen LogP contribution in [0.4, 0.5) is 0 Å². The van der Waals surface area contributed by atoms with Crippen LogP contribution in [0.3, 0.4) is 0 Å². The first kappa shape index (κ1) is 11.2. The third kappa shape index (κ3) is 3.47. The Bertz CT molecular complexity index is 209. The molecule has 0 saturated carbocycles. The molecule has 1 rings (SSSR count). The summed E-state index contributed by atoms with van der Waals surface area (Å²) in [4.78, 5) is 13.0. The molecule has 0 aromatic rings. The summed E-state index contributed by atoms with van der Waals surface area (Å²) >= 11 is 0. The van der Waals surface area contributed by atoms with Crippen LogP contribution in [-0.4, -0.2) is 43.0 Å². The first-order valence-corrected chi connectivity index (χ1v) is 5.16. The van der Waals surface area contributed by atoms with Gasteiger partial charge in [-0.1, -0.05) is 13.0 Å². The number of amides is 1. The monoisotopic (exact) mass is 197 g/mol. The van der Waals surface area contributed by atoms with Crippen molar-refractivity contribution >= 4 is 5.91 Å². The van der Waals surface area contributed by atoms with Crippen molar-refractivity contribution in [2.24, 2.45) is 5.73 Å². The van der Waals surface area contributed by atoms with Gasteiger partial charge in [0.25, 0.3) is 0 Å². The van der Waals surface area contributed by atoms with Gasteiger partial charge in [-0.3, -0.25) is 9.69 Å². The molecule has 1 saturated heterocycles. The number of rotatable bonds is 4. The lowest BCUT2D eigenvalue weighted by atomic mass is 10.1. The number of nitrogens with two attached hydrogens (primary N) is 1. The van der Waals surface area contributed by atoms with E-state index in [9.17, 15) is 4.79 Å². The molecule has 0 aromatic heterocycles. The SMILES string of the molecule is CCC(C=CC(N)=O)N1CCNCC1. The van der Waals surface area contributed by atoms with Crippen molar-refractivity contribution in [3.8, 4) is 0 Å². The second-order valence-corrected chi connectivity index (χ2v) is 3.52. The maximum absolute atomic E-state index is 10.6. The second-order valence-electron chi connectivity index (χ2n) is 3.52. The third-order valence-corrected chi connectivity index (χ3v) is 2.52. The number of carbonyl (C=O) groups is 1. The Balaban J connectivity index is 2.47. The summed E-state index contributed by atoms with van der Waals surface area (Å²) < 4.78 is 0. The molecular weight excluding hydrogens is 178 g/mol. The minimum atomic E-state index is -0.362. The van der Waals surface area contributed by atoms with Crippen molar-refractivity contribution < 1.29 is 4.79 Å². The number of hydrogen-bond donors (Lipinski definition) is 2. The van der Waals surface area contributed by atoms with Crippen LogP contribution < -0.4 is 11.1 Å². The van der Waals surface area contributed by atoms with Gasteiger partial charge in [0.05, 0.1) is 0 Å². The molecule has 1 amide bonds. The van der Waals surface area contributed by atoms with E-state index in [1.54, 1.807) is 0 Å². The second kappa shape index (κ2) is 5.78. The van der Waals surface area contributed by atoms with Crippen LogP contribution in [0.1, 0.15) is 13.3 Å². The summed E-state index contributed by atoms with van der Waals surface area (Å²) in [5.41, 5.74) is 5.07. The molecule has 1 atom stereocenters. The van der Waals surface area contributed by atoms with E-state index in [2.05, 4.69) is 17.1 Å². The van der Waals surface area contributed by atoms with Gasteiger partial charge in [-0.2, -0.15) is 0 Å². The van der Waals surface area contributed by atoms with Crippen molar-refractivity contribution in [1.82, 2.24) is 10.2 Å². The van der Waals surface area contributed by atoms with E-state index in [4.69, 9.17) is 5.73 Å². The molecule has 14 heavy (non-hydrogen) atoms. The zero-order valence-electron chi connectivity index (χ0n) is 8.70. The summed E-state index contributed by atoms with van der Waals surface area (Å²) in [6.45, 7) is 6.27. The summed E-state index contributed by atoms with van der Waals surface area (Å²) in [6.07, 6.45) is 4.40. The van der Waals surface area contributed by atoms with Crippen molar-refractivity contribution in [2.45, 2.75) is 19.4 Å². The molecule has 0 radical (unpaired) electrons. The predicted octanol–water partition coefficient (Wildman–Crippen LogP) is -0.288. The first-order chi connectivity index (χ1) is 6.74. The van der Waals surface area contributed by atoms with Gasteiger partial charge in [0.15, 0.2) is 0 Å². The lowest BCUT2D eigenvalue weighted by Gasteiger charge is -2.32. The molecule has 4 heteroatoms. The van der Waals surface area contributed by atoms with Crippen LogP contribution in [0.2, 0.25) is 0 Å². The molecule has 3 N–H and O–H groups in total. The Hall–Kier alpha value is -0.870. The standard InChI is InChI=1S/C10H19N3O/c1-2-9(3-4-10(11)14)13-7-5-12-6-8-13/h3-4,9,12H,2,5-8H2,1H3,(H2,11,14). The molecular formula is C10H19N3O. The Labute approximate surface area is 85.1 Å². The van der Waals surface area contributed by atoms with Crippen molar-refractivity contribution in [3.63, 3.8) is 0 Å². The van der Waals surface area contributed by atoms with E-state index < -0.39 is 0 Å². The van der Waals surface area contributed by atoms with Crippen LogP contribution in [0.15, 0.2) is 12.2 Å². The number of hydrogen-bond acceptors (Lipinski definition) is 3. The maximum Gasteiger partial charge on any atom is 0.241 e. The van der Waals surface area contributed by atoms with Crippen LogP contribution in [0.5, 0.6) is 0 Å². The molecule has 80 valence electrons. The molecule has 0 spiro atoms. The lowest BCUT2D eigenvalue weighted by molar-refractivity contribution is -0.113. The van der Waals surface area contributed by atoms with Crippen LogP contribution >= 0.6 is 0 Å². The Morgan fingerprint density at radius 2 is 2.21 bits per heavy atom. The first-order valence-electron chi connectivity index (χ1n) is 5.16. The van der Waals surface area contributed by atoms with E-state index in [-0.39, 0.29) is 5.91 Å². The fourth-order valence-corrected chi connectivity index (χ4v) is 1.74. The highest BCUT2D eigenvalue weighted by molar-refractivity contribution is 5.85. The van der Waals surface area contributed by atoms with Gasteiger partial charge < -0.3 is 11.1 Å². The van der Waals surface area contributed by atoms with Gasteiger partial charge in [-0.25, -0.2) is 0 Å². The molecule has 4 nitrogen and oxygen atoms in total. The zero-order valence-corrected chi connectivity index (χ0v) is 8.70. The van der Waals surface area contributed by atoms with Gasteiger partial charge in [0, 0.05) is 38.3 Å². The summed E-state index contributed by atoms with van der Waals surface area (Å²) in [5, 5.41) is 3.30. The molecule has 1 aliphatic rings. The number of carbonyl (C=O) groups excluding carboxylic acids is 1. The largest absolute Gasteiger partial charge is 0.366 e. The highest BCUT2D eigenvalue weighted by Gasteiger charge is 2.16. The fraction of sp³-hybridized carbons (Fsp3) is 0.700. The van der Waals surface area contributed by atoms with Crippen molar-refractivity contribution in [1.29, 1.82) is 0 Å². The van der Waals surface area contributed by atoms with Crippen molar-refractivity contribution in [2.75, 3.05) is 26.2 Å². The van der Waals surface area contributed by atoms with Gasteiger partial charge in [0.1, 0.15) is 0 Å². The van der Waals surface area contributed by atoms with Crippen LogP contribution in [-0.2, 0) is 4.79 Å². The number of nitrogens with zero attached hydrogens (tertiary/aromatic N) is 1. The molecule has 1 aliphatic heterocycles. The molecule has 1 heterocycles. The molecule has 0 aromatic carbocycles. The quantitative estimate of drug-likeness (QED) is 0.609. The third-order valence-electron chi connectivity index (χ3n) is 2.52. The van der Waals surface area contributed by atoms with E-state index in [0.29, 0.717) is 6.04 Å². The molecule has 0 bridgehead atoms. The van der Waals surface area contributed by atoms with Crippen LogP contribution in [0, 0.1) is 0 Å². The molecule has 0 aliphatic carbocycles. The summed E-state index contributed by atoms with van der Waals surface area (Å²) in [6, 6.07) is 0.351. The van der Waals surface area contributed by atoms with Gasteiger partial charge in [0.2, 0.25) is 5.91 Å². The van der Waals surface area contributed by atoms with Gasteiger partial charge >= 0.3 is 0 Å². The molecule has 1 fully saturated rings. The zero-order chi connectivity index (χ0) is 10.4. The Morgan fingerprint density at radius 1 is 1.57 bits per heavy atom. The maximum atomic E-state index is 10.6. The normalized spacial score (nSPS) is 21.2. The Morgan fingerprint density at radius 3 is 2.71 bits per heavy atom. The number of primary amides is 1. The highest BCUT2D eigenvalue weighted by atomic mass is 16.1. The topological polar surface area (TPSA) is 58.4 Å². The molecule has 1 unspecified atom stereocenters. The van der Waals surface area contributed by atoms with Crippen LogP contribution in [0.25, 0.3) is 0 Å². The van der Waals surface area contributed by atoms with E-state index in [0.717, 1.165) is 32.6 Å². The van der Waals surface area contributed by atoms with E-state index in [1.807, 2.05) is 6.08 Å². The smallest absolute Gasteiger partial charge is 0.241 e. The Kier molecular flexibility index (Phi) is 4.62.